The highest BCUT2D eigenvalue weighted by atomic mass is 79.9. The molecule has 0 saturated heterocycles. The molecule has 2 aromatic rings. The number of rotatable bonds is 1. The van der Waals surface area contributed by atoms with Crippen molar-refractivity contribution in [1.29, 1.82) is 0 Å². The van der Waals surface area contributed by atoms with Crippen LogP contribution in [-0.2, 0) is 6.54 Å². The molecular weight excluding hydrogens is 216 g/mol. The lowest BCUT2D eigenvalue weighted by atomic mass is 10.4. The average molecular weight is 225 g/mol. The molecule has 0 amide bonds. The molecule has 0 aromatic carbocycles. The van der Waals surface area contributed by atoms with Crippen molar-refractivity contribution in [2.45, 2.75) is 13.5 Å². The molecule has 0 bridgehead atoms. The van der Waals surface area contributed by atoms with Crippen molar-refractivity contribution < 1.29 is 0 Å². The molecule has 62 valence electrons. The number of hydrogen-bond donors (Lipinski definition) is 0. The SMILES string of the molecule is CCn1ccc2ncc(Br)cc21. The summed E-state index contributed by atoms with van der Waals surface area (Å²) in [7, 11) is 0. The molecule has 0 fully saturated rings. The Bertz CT molecular complexity index is 406. The van der Waals surface area contributed by atoms with Gasteiger partial charge in [-0.2, -0.15) is 0 Å². The predicted molar refractivity (Wildman–Crippen MR) is 53.1 cm³/mol. The van der Waals surface area contributed by atoms with E-state index in [4.69, 9.17) is 0 Å². The first kappa shape index (κ1) is 7.80. The molecule has 0 aliphatic carbocycles. The molecule has 0 unspecified atom stereocenters. The molecule has 0 aliphatic rings. The van der Waals surface area contributed by atoms with Crippen molar-refractivity contribution in [2.75, 3.05) is 0 Å². The highest BCUT2D eigenvalue weighted by Gasteiger charge is 1.99. The Balaban J connectivity index is 2.75. The third-order valence-corrected chi connectivity index (χ3v) is 2.36. The van der Waals surface area contributed by atoms with Crippen LogP contribution >= 0.6 is 15.9 Å². The third kappa shape index (κ3) is 1.14. The summed E-state index contributed by atoms with van der Waals surface area (Å²) in [5.74, 6) is 0. The van der Waals surface area contributed by atoms with Gasteiger partial charge in [0.25, 0.3) is 0 Å². The molecule has 0 spiro atoms. The van der Waals surface area contributed by atoms with Gasteiger partial charge < -0.3 is 4.57 Å². The first-order chi connectivity index (χ1) is 5.81. The second kappa shape index (κ2) is 2.90. The van der Waals surface area contributed by atoms with Gasteiger partial charge in [0.05, 0.1) is 11.0 Å². The predicted octanol–water partition coefficient (Wildman–Crippen LogP) is 2.82. The minimum absolute atomic E-state index is 0.988. The Labute approximate surface area is 79.3 Å². The van der Waals surface area contributed by atoms with Gasteiger partial charge in [0, 0.05) is 23.4 Å². The molecule has 0 saturated carbocycles. The minimum Gasteiger partial charge on any atom is -0.346 e. The van der Waals surface area contributed by atoms with E-state index < -0.39 is 0 Å². The monoisotopic (exact) mass is 224 g/mol. The van der Waals surface area contributed by atoms with Crippen molar-refractivity contribution in [2.24, 2.45) is 0 Å². The zero-order valence-corrected chi connectivity index (χ0v) is 8.37. The summed E-state index contributed by atoms with van der Waals surface area (Å²) >= 11 is 3.40. The third-order valence-electron chi connectivity index (χ3n) is 1.93. The second-order valence-corrected chi connectivity index (χ2v) is 3.58. The number of fused-ring (bicyclic) bond motifs is 1. The smallest absolute Gasteiger partial charge is 0.0881 e. The van der Waals surface area contributed by atoms with Gasteiger partial charge in [-0.1, -0.05) is 0 Å². The van der Waals surface area contributed by atoms with Crippen LogP contribution in [0.1, 0.15) is 6.92 Å². The zero-order valence-electron chi connectivity index (χ0n) is 6.79. The van der Waals surface area contributed by atoms with E-state index in [1.54, 1.807) is 0 Å². The maximum Gasteiger partial charge on any atom is 0.0881 e. The molecule has 2 nitrogen and oxygen atoms in total. The molecule has 2 heterocycles. The number of aromatic nitrogens is 2. The van der Waals surface area contributed by atoms with Crippen molar-refractivity contribution >= 4 is 27.0 Å². The zero-order chi connectivity index (χ0) is 8.55. The van der Waals surface area contributed by atoms with Gasteiger partial charge in [0.2, 0.25) is 0 Å². The molecule has 2 rings (SSSR count). The van der Waals surface area contributed by atoms with Gasteiger partial charge in [-0.05, 0) is 35.0 Å². The molecule has 0 N–H and O–H groups in total. The normalized spacial score (nSPS) is 10.8. The first-order valence-electron chi connectivity index (χ1n) is 3.91. The van der Waals surface area contributed by atoms with Crippen molar-refractivity contribution in [1.82, 2.24) is 9.55 Å². The van der Waals surface area contributed by atoms with E-state index in [2.05, 4.69) is 44.7 Å². The van der Waals surface area contributed by atoms with Crippen LogP contribution in [0.25, 0.3) is 11.0 Å². The summed E-state index contributed by atoms with van der Waals surface area (Å²) in [5.41, 5.74) is 2.24. The van der Waals surface area contributed by atoms with E-state index in [0.29, 0.717) is 0 Å². The van der Waals surface area contributed by atoms with Gasteiger partial charge in [0.15, 0.2) is 0 Å². The van der Waals surface area contributed by atoms with E-state index >= 15 is 0 Å². The van der Waals surface area contributed by atoms with Crippen molar-refractivity contribution in [3.8, 4) is 0 Å². The van der Waals surface area contributed by atoms with E-state index in [9.17, 15) is 0 Å². The molecule has 12 heavy (non-hydrogen) atoms. The van der Waals surface area contributed by atoms with Gasteiger partial charge in [-0.15, -0.1) is 0 Å². The molecule has 0 radical (unpaired) electrons. The van der Waals surface area contributed by atoms with Gasteiger partial charge in [-0.25, -0.2) is 0 Å². The molecule has 0 atom stereocenters. The Morgan fingerprint density at radius 2 is 2.42 bits per heavy atom. The van der Waals surface area contributed by atoms with Gasteiger partial charge in [-0.3, -0.25) is 4.98 Å². The standard InChI is InChI=1S/C9H9BrN2/c1-2-12-4-3-8-9(12)5-7(10)6-11-8/h3-6H,2H2,1H3. The second-order valence-electron chi connectivity index (χ2n) is 2.66. The fourth-order valence-corrected chi connectivity index (χ4v) is 1.63. The Morgan fingerprint density at radius 1 is 1.58 bits per heavy atom. The largest absolute Gasteiger partial charge is 0.346 e. The maximum absolute atomic E-state index is 4.28. The van der Waals surface area contributed by atoms with Crippen LogP contribution in [0.4, 0.5) is 0 Å². The molecule has 3 heteroatoms. The van der Waals surface area contributed by atoms with E-state index in [1.807, 2.05) is 12.3 Å². The van der Waals surface area contributed by atoms with Crippen LogP contribution < -0.4 is 0 Å². The Morgan fingerprint density at radius 3 is 3.17 bits per heavy atom. The fraction of sp³-hybridized carbons (Fsp3) is 0.222. The first-order valence-corrected chi connectivity index (χ1v) is 4.71. The number of aryl methyl sites for hydroxylation is 1. The van der Waals surface area contributed by atoms with E-state index in [1.165, 1.54) is 5.52 Å². The van der Waals surface area contributed by atoms with Crippen molar-refractivity contribution in [3.63, 3.8) is 0 Å². The van der Waals surface area contributed by atoms with E-state index in [-0.39, 0.29) is 0 Å². The van der Waals surface area contributed by atoms with Crippen LogP contribution in [0.2, 0.25) is 0 Å². The fourth-order valence-electron chi connectivity index (χ4n) is 1.31. The average Bonchev–Trinajstić information content (AvgIpc) is 2.46. The number of halogens is 1. The summed E-state index contributed by atoms with van der Waals surface area (Å²) < 4.78 is 3.20. The van der Waals surface area contributed by atoms with Crippen LogP contribution in [0.15, 0.2) is 29.0 Å². The lowest BCUT2D eigenvalue weighted by molar-refractivity contribution is 0.797. The number of pyridine rings is 1. The highest BCUT2D eigenvalue weighted by Crippen LogP contribution is 2.17. The van der Waals surface area contributed by atoms with Crippen LogP contribution in [0, 0.1) is 0 Å². The molecule has 2 aromatic heterocycles. The Hall–Kier alpha value is -0.830. The van der Waals surface area contributed by atoms with Gasteiger partial charge >= 0.3 is 0 Å². The lowest BCUT2D eigenvalue weighted by Gasteiger charge is -1.99. The minimum atomic E-state index is 0.988. The summed E-state index contributed by atoms with van der Waals surface area (Å²) in [5, 5.41) is 0. The highest BCUT2D eigenvalue weighted by molar-refractivity contribution is 9.10. The maximum atomic E-state index is 4.28. The Kier molecular flexibility index (Phi) is 1.89. The van der Waals surface area contributed by atoms with Crippen molar-refractivity contribution in [3.05, 3.63) is 29.0 Å². The molecular formula is C9H9BrN2. The molecule has 0 aliphatic heterocycles. The summed E-state index contributed by atoms with van der Waals surface area (Å²) in [6.45, 7) is 3.11. The number of nitrogens with zero attached hydrogens (tertiary/aromatic N) is 2. The summed E-state index contributed by atoms with van der Waals surface area (Å²) in [6.07, 6.45) is 3.88. The van der Waals surface area contributed by atoms with Crippen LogP contribution in [-0.4, -0.2) is 9.55 Å². The lowest BCUT2D eigenvalue weighted by Crippen LogP contribution is -1.90. The summed E-state index contributed by atoms with van der Waals surface area (Å²) in [4.78, 5) is 4.28. The van der Waals surface area contributed by atoms with Gasteiger partial charge in [0.1, 0.15) is 0 Å². The van der Waals surface area contributed by atoms with Crippen LogP contribution in [0.3, 0.4) is 0 Å². The number of hydrogen-bond acceptors (Lipinski definition) is 1. The van der Waals surface area contributed by atoms with Crippen LogP contribution in [0.5, 0.6) is 0 Å². The summed E-state index contributed by atoms with van der Waals surface area (Å²) in [6, 6.07) is 4.12. The van der Waals surface area contributed by atoms with E-state index in [0.717, 1.165) is 16.5 Å². The quantitative estimate of drug-likeness (QED) is 0.729. The topological polar surface area (TPSA) is 17.8 Å².